The Bertz CT molecular complexity index is 659. The van der Waals surface area contributed by atoms with Crippen LogP contribution in [0.2, 0.25) is 0 Å². The third-order valence-electron chi connectivity index (χ3n) is 2.74. The van der Waals surface area contributed by atoms with Gasteiger partial charge < -0.3 is 21.5 Å². The molecule has 0 aliphatic carbocycles. The Morgan fingerprint density at radius 3 is 2.48 bits per heavy atom. The van der Waals surface area contributed by atoms with E-state index in [1.54, 1.807) is 18.2 Å². The maximum Gasteiger partial charge on any atom is 0.303 e. The maximum atomic E-state index is 11.8. The number of nitriles is 1. The zero-order chi connectivity index (χ0) is 17.2. The Balaban J connectivity index is 2.56. The second kappa shape index (κ2) is 8.84. The zero-order valence-electron chi connectivity index (χ0n) is 12.2. The molecule has 1 rings (SSSR count). The number of rotatable bonds is 7. The fraction of sp³-hybridized carbons (Fsp3) is 0.200. The first-order valence-electron chi connectivity index (χ1n) is 6.70. The standard InChI is InChI=1S/C15H16N4O4/c16-8-11(15(23)18-7-1-2-13(20)21)9-19-14(22)10-3-5-12(17)6-4-10/h3-6,9H,1-2,7,17H2,(H,18,23)(H,19,22)(H,20,21)/b11-9-. The van der Waals surface area contributed by atoms with Gasteiger partial charge in [-0.05, 0) is 30.7 Å². The van der Waals surface area contributed by atoms with Crippen molar-refractivity contribution in [3.05, 3.63) is 41.6 Å². The van der Waals surface area contributed by atoms with Crippen LogP contribution >= 0.6 is 0 Å². The van der Waals surface area contributed by atoms with E-state index in [-0.39, 0.29) is 25.0 Å². The minimum atomic E-state index is -0.967. The molecule has 0 saturated carbocycles. The molecule has 120 valence electrons. The molecule has 2 amide bonds. The number of nitrogen functional groups attached to an aromatic ring is 1. The van der Waals surface area contributed by atoms with Gasteiger partial charge >= 0.3 is 5.97 Å². The smallest absolute Gasteiger partial charge is 0.303 e. The van der Waals surface area contributed by atoms with E-state index in [4.69, 9.17) is 16.1 Å². The number of anilines is 1. The fourth-order valence-electron chi connectivity index (χ4n) is 1.54. The molecule has 0 aliphatic rings. The van der Waals surface area contributed by atoms with Gasteiger partial charge in [0.15, 0.2) is 0 Å². The highest BCUT2D eigenvalue weighted by Gasteiger charge is 2.10. The van der Waals surface area contributed by atoms with Gasteiger partial charge in [-0.25, -0.2) is 0 Å². The molecule has 8 heteroatoms. The van der Waals surface area contributed by atoms with Gasteiger partial charge in [0.2, 0.25) is 0 Å². The lowest BCUT2D eigenvalue weighted by molar-refractivity contribution is -0.137. The monoisotopic (exact) mass is 316 g/mol. The number of carboxylic acids is 1. The Hall–Kier alpha value is -3.34. The molecule has 0 aromatic heterocycles. The number of amides is 2. The van der Waals surface area contributed by atoms with Gasteiger partial charge in [0.1, 0.15) is 11.6 Å². The molecule has 0 heterocycles. The highest BCUT2D eigenvalue weighted by atomic mass is 16.4. The number of aliphatic carboxylic acids is 1. The molecule has 0 fully saturated rings. The minimum Gasteiger partial charge on any atom is -0.481 e. The summed E-state index contributed by atoms with van der Waals surface area (Å²) in [5.74, 6) is -2.14. The number of hydrogen-bond acceptors (Lipinski definition) is 5. The van der Waals surface area contributed by atoms with Crippen molar-refractivity contribution in [3.8, 4) is 6.07 Å². The molecule has 0 spiro atoms. The van der Waals surface area contributed by atoms with Crippen molar-refractivity contribution in [1.82, 2.24) is 10.6 Å². The van der Waals surface area contributed by atoms with Gasteiger partial charge in [0.05, 0.1) is 0 Å². The number of nitrogens with zero attached hydrogens (tertiary/aromatic N) is 1. The van der Waals surface area contributed by atoms with Crippen LogP contribution < -0.4 is 16.4 Å². The molecule has 0 radical (unpaired) electrons. The highest BCUT2D eigenvalue weighted by molar-refractivity contribution is 5.99. The first kappa shape index (κ1) is 17.7. The fourth-order valence-corrected chi connectivity index (χ4v) is 1.54. The number of carbonyl (C=O) groups excluding carboxylic acids is 2. The third-order valence-corrected chi connectivity index (χ3v) is 2.74. The Labute approximate surface area is 132 Å². The number of carboxylic acid groups (broad SMARTS) is 1. The first-order chi connectivity index (χ1) is 10.9. The van der Waals surface area contributed by atoms with Crippen LogP contribution in [0.25, 0.3) is 0 Å². The predicted molar refractivity (Wildman–Crippen MR) is 81.9 cm³/mol. The van der Waals surface area contributed by atoms with Gasteiger partial charge in [-0.2, -0.15) is 5.26 Å². The summed E-state index contributed by atoms with van der Waals surface area (Å²) in [5, 5.41) is 22.1. The van der Waals surface area contributed by atoms with E-state index in [2.05, 4.69) is 10.6 Å². The van der Waals surface area contributed by atoms with Crippen LogP contribution in [0.4, 0.5) is 5.69 Å². The van der Waals surface area contributed by atoms with Crippen LogP contribution in [-0.2, 0) is 9.59 Å². The van der Waals surface area contributed by atoms with Gasteiger partial charge in [0, 0.05) is 30.4 Å². The third kappa shape index (κ3) is 6.31. The van der Waals surface area contributed by atoms with Crippen LogP contribution in [0.1, 0.15) is 23.2 Å². The average Bonchev–Trinajstić information content (AvgIpc) is 2.52. The topological polar surface area (TPSA) is 145 Å². The SMILES string of the molecule is N#C/C(=C/NC(=O)c1ccc(N)cc1)C(=O)NCCCC(=O)O. The van der Waals surface area contributed by atoms with Crippen molar-refractivity contribution >= 4 is 23.5 Å². The summed E-state index contributed by atoms with van der Waals surface area (Å²) < 4.78 is 0. The van der Waals surface area contributed by atoms with E-state index in [1.807, 2.05) is 0 Å². The number of benzene rings is 1. The Morgan fingerprint density at radius 1 is 1.26 bits per heavy atom. The molecule has 1 aromatic carbocycles. The van der Waals surface area contributed by atoms with Gasteiger partial charge in [-0.1, -0.05) is 0 Å². The van der Waals surface area contributed by atoms with Crippen molar-refractivity contribution in [2.75, 3.05) is 12.3 Å². The first-order valence-corrected chi connectivity index (χ1v) is 6.70. The van der Waals surface area contributed by atoms with Crippen molar-refractivity contribution in [1.29, 1.82) is 5.26 Å². The van der Waals surface area contributed by atoms with Gasteiger partial charge in [-0.3, -0.25) is 14.4 Å². The molecule has 0 unspecified atom stereocenters. The Morgan fingerprint density at radius 2 is 1.91 bits per heavy atom. The molecule has 8 nitrogen and oxygen atoms in total. The summed E-state index contributed by atoms with van der Waals surface area (Å²) >= 11 is 0. The van der Waals surface area contributed by atoms with Crippen LogP contribution in [0.3, 0.4) is 0 Å². The number of nitrogens with two attached hydrogens (primary N) is 1. The minimum absolute atomic E-state index is 0.0836. The zero-order valence-corrected chi connectivity index (χ0v) is 12.2. The summed E-state index contributed by atoms with van der Waals surface area (Å²) in [7, 11) is 0. The normalized spacial score (nSPS) is 10.5. The van der Waals surface area contributed by atoms with Crippen LogP contribution in [0.15, 0.2) is 36.0 Å². The molecule has 0 bridgehead atoms. The second-order valence-corrected chi connectivity index (χ2v) is 4.52. The molecule has 5 N–H and O–H groups in total. The van der Waals surface area contributed by atoms with Crippen molar-refractivity contribution < 1.29 is 19.5 Å². The average molecular weight is 316 g/mol. The van der Waals surface area contributed by atoms with E-state index in [0.717, 1.165) is 6.20 Å². The quantitative estimate of drug-likeness (QED) is 0.248. The largest absolute Gasteiger partial charge is 0.481 e. The molecular weight excluding hydrogens is 300 g/mol. The van der Waals surface area contributed by atoms with Crippen molar-refractivity contribution in [3.63, 3.8) is 0 Å². The Kier molecular flexibility index (Phi) is 6.81. The molecular formula is C15H16N4O4. The lowest BCUT2D eigenvalue weighted by atomic mass is 10.2. The van der Waals surface area contributed by atoms with E-state index < -0.39 is 17.8 Å². The van der Waals surface area contributed by atoms with Gasteiger partial charge in [0.25, 0.3) is 11.8 Å². The molecule has 23 heavy (non-hydrogen) atoms. The molecule has 0 aliphatic heterocycles. The lowest BCUT2D eigenvalue weighted by Gasteiger charge is -2.04. The van der Waals surface area contributed by atoms with Crippen molar-refractivity contribution in [2.45, 2.75) is 12.8 Å². The summed E-state index contributed by atoms with van der Waals surface area (Å²) in [5.41, 5.74) is 6.06. The summed E-state index contributed by atoms with van der Waals surface area (Å²) in [6.07, 6.45) is 1.17. The highest BCUT2D eigenvalue weighted by Crippen LogP contribution is 2.05. The summed E-state index contributed by atoms with van der Waals surface area (Å²) in [6, 6.07) is 7.80. The summed E-state index contributed by atoms with van der Waals surface area (Å²) in [6.45, 7) is 0.121. The molecule has 0 atom stereocenters. The van der Waals surface area contributed by atoms with E-state index in [0.29, 0.717) is 11.3 Å². The second-order valence-electron chi connectivity index (χ2n) is 4.52. The molecule has 1 aromatic rings. The van der Waals surface area contributed by atoms with E-state index >= 15 is 0 Å². The number of carbonyl (C=O) groups is 3. The van der Waals surface area contributed by atoms with E-state index in [1.165, 1.54) is 12.1 Å². The van der Waals surface area contributed by atoms with E-state index in [9.17, 15) is 14.4 Å². The van der Waals surface area contributed by atoms with Crippen LogP contribution in [-0.4, -0.2) is 29.4 Å². The number of hydrogen-bond donors (Lipinski definition) is 4. The predicted octanol–water partition coefficient (Wildman–Crippen LogP) is 0.387. The van der Waals surface area contributed by atoms with Crippen LogP contribution in [0, 0.1) is 11.3 Å². The number of nitrogens with one attached hydrogen (secondary N) is 2. The summed E-state index contributed by atoms with van der Waals surface area (Å²) in [4.78, 5) is 33.9. The molecule has 0 saturated heterocycles. The van der Waals surface area contributed by atoms with Gasteiger partial charge in [-0.15, -0.1) is 0 Å². The van der Waals surface area contributed by atoms with Crippen LogP contribution in [0.5, 0.6) is 0 Å². The lowest BCUT2D eigenvalue weighted by Crippen LogP contribution is -2.28. The maximum absolute atomic E-state index is 11.8. The van der Waals surface area contributed by atoms with Crippen molar-refractivity contribution in [2.24, 2.45) is 0 Å².